The van der Waals surface area contributed by atoms with Crippen molar-refractivity contribution >= 4 is 23.0 Å². The second-order valence-corrected chi connectivity index (χ2v) is 4.96. The van der Waals surface area contributed by atoms with Crippen molar-refractivity contribution in [3.05, 3.63) is 33.3 Å². The zero-order chi connectivity index (χ0) is 13.3. The van der Waals surface area contributed by atoms with Gasteiger partial charge in [-0.2, -0.15) is 0 Å². The maximum atomic E-state index is 10.7. The van der Waals surface area contributed by atoms with Crippen LogP contribution in [0.1, 0.15) is 13.8 Å². The Balaban J connectivity index is 2.25. The van der Waals surface area contributed by atoms with E-state index in [4.69, 9.17) is 16.3 Å². The summed E-state index contributed by atoms with van der Waals surface area (Å²) in [6.07, 6.45) is 0.250. The molecular weight excluding hydrogens is 256 g/mol. The predicted molar refractivity (Wildman–Crippen MR) is 70.3 cm³/mol. The molecule has 1 saturated heterocycles. The normalized spacial score (nSPS) is 24.1. The molecule has 5 nitrogen and oxygen atoms in total. The Morgan fingerprint density at radius 3 is 2.50 bits per heavy atom. The second kappa shape index (κ2) is 5.12. The lowest BCUT2D eigenvalue weighted by Crippen LogP contribution is -2.45. The van der Waals surface area contributed by atoms with E-state index in [1.807, 2.05) is 13.8 Å². The zero-order valence-electron chi connectivity index (χ0n) is 10.3. The minimum atomic E-state index is -0.444. The van der Waals surface area contributed by atoms with Gasteiger partial charge in [-0.15, -0.1) is 0 Å². The summed E-state index contributed by atoms with van der Waals surface area (Å²) in [6, 6.07) is 4.57. The second-order valence-electron chi connectivity index (χ2n) is 4.56. The van der Waals surface area contributed by atoms with Crippen LogP contribution >= 0.6 is 11.6 Å². The van der Waals surface area contributed by atoms with Gasteiger partial charge in [0.1, 0.15) is 0 Å². The number of benzene rings is 1. The van der Waals surface area contributed by atoms with Crippen LogP contribution in [0.3, 0.4) is 0 Å². The maximum Gasteiger partial charge on any atom is 0.271 e. The van der Waals surface area contributed by atoms with Gasteiger partial charge in [0.25, 0.3) is 5.69 Å². The Hall–Kier alpha value is -1.33. The number of halogens is 1. The van der Waals surface area contributed by atoms with Crippen LogP contribution in [0.2, 0.25) is 5.02 Å². The minimum absolute atomic E-state index is 0.0121. The Labute approximate surface area is 110 Å². The van der Waals surface area contributed by atoms with E-state index in [2.05, 4.69) is 4.90 Å². The fourth-order valence-electron chi connectivity index (χ4n) is 2.24. The molecule has 1 aliphatic rings. The van der Waals surface area contributed by atoms with E-state index < -0.39 is 4.92 Å². The van der Waals surface area contributed by atoms with Crippen LogP contribution in [0.4, 0.5) is 11.4 Å². The molecule has 1 aromatic carbocycles. The Kier molecular flexibility index (Phi) is 3.73. The summed E-state index contributed by atoms with van der Waals surface area (Å²) >= 11 is 6.12. The van der Waals surface area contributed by atoms with Crippen molar-refractivity contribution in [2.24, 2.45) is 0 Å². The molecule has 1 fully saturated rings. The molecule has 0 saturated carbocycles. The lowest BCUT2D eigenvalue weighted by Gasteiger charge is -2.37. The van der Waals surface area contributed by atoms with Gasteiger partial charge in [-0.1, -0.05) is 11.6 Å². The number of nitrogens with zero attached hydrogens (tertiary/aromatic N) is 2. The summed E-state index contributed by atoms with van der Waals surface area (Å²) < 4.78 is 5.65. The lowest BCUT2D eigenvalue weighted by molar-refractivity contribution is -0.384. The number of ether oxygens (including phenoxy) is 1. The molecule has 6 heteroatoms. The molecule has 0 spiro atoms. The summed E-state index contributed by atoms with van der Waals surface area (Å²) in [7, 11) is 0. The van der Waals surface area contributed by atoms with E-state index in [1.165, 1.54) is 12.1 Å². The van der Waals surface area contributed by atoms with Crippen molar-refractivity contribution in [1.29, 1.82) is 0 Å². The SMILES string of the molecule is C[C@@H]1CN(c2ccc([N+](=O)[O-])cc2Cl)C[C@@H](C)O1. The fourth-order valence-corrected chi connectivity index (χ4v) is 2.53. The van der Waals surface area contributed by atoms with Gasteiger partial charge in [0, 0.05) is 25.2 Å². The Bertz CT molecular complexity index is 457. The van der Waals surface area contributed by atoms with E-state index in [-0.39, 0.29) is 17.9 Å². The number of hydrogen-bond acceptors (Lipinski definition) is 4. The Morgan fingerprint density at radius 1 is 1.39 bits per heavy atom. The first kappa shape index (κ1) is 13.1. The molecule has 0 N–H and O–H groups in total. The van der Waals surface area contributed by atoms with Crippen LogP contribution in [-0.2, 0) is 4.74 Å². The van der Waals surface area contributed by atoms with E-state index in [0.717, 1.165) is 18.8 Å². The van der Waals surface area contributed by atoms with Crippen LogP contribution in [0, 0.1) is 10.1 Å². The zero-order valence-corrected chi connectivity index (χ0v) is 11.1. The van der Waals surface area contributed by atoms with Crippen molar-refractivity contribution in [3.63, 3.8) is 0 Å². The van der Waals surface area contributed by atoms with Crippen molar-refractivity contribution in [1.82, 2.24) is 0 Å². The highest BCUT2D eigenvalue weighted by atomic mass is 35.5. The molecule has 2 atom stereocenters. The summed E-state index contributed by atoms with van der Waals surface area (Å²) in [5.74, 6) is 0. The summed E-state index contributed by atoms with van der Waals surface area (Å²) in [5.41, 5.74) is 0.836. The highest BCUT2D eigenvalue weighted by molar-refractivity contribution is 6.33. The highest BCUT2D eigenvalue weighted by Crippen LogP contribution is 2.31. The van der Waals surface area contributed by atoms with Crippen LogP contribution in [0.5, 0.6) is 0 Å². The van der Waals surface area contributed by atoms with E-state index in [1.54, 1.807) is 6.07 Å². The molecule has 1 aliphatic heterocycles. The van der Waals surface area contributed by atoms with Gasteiger partial charge >= 0.3 is 0 Å². The first-order chi connectivity index (χ1) is 8.47. The molecule has 0 aliphatic carbocycles. The third-order valence-corrected chi connectivity index (χ3v) is 3.21. The van der Waals surface area contributed by atoms with Crippen molar-refractivity contribution < 1.29 is 9.66 Å². The lowest BCUT2D eigenvalue weighted by atomic mass is 10.2. The quantitative estimate of drug-likeness (QED) is 0.612. The number of nitro groups is 1. The Morgan fingerprint density at radius 2 is 2.00 bits per heavy atom. The first-order valence-corrected chi connectivity index (χ1v) is 6.19. The average molecular weight is 271 g/mol. The monoisotopic (exact) mass is 270 g/mol. The molecule has 98 valence electrons. The van der Waals surface area contributed by atoms with Gasteiger partial charge < -0.3 is 9.64 Å². The fraction of sp³-hybridized carbons (Fsp3) is 0.500. The van der Waals surface area contributed by atoms with E-state index in [9.17, 15) is 10.1 Å². The van der Waals surface area contributed by atoms with E-state index in [0.29, 0.717) is 5.02 Å². The molecule has 1 aromatic rings. The van der Waals surface area contributed by atoms with Gasteiger partial charge in [-0.05, 0) is 19.9 Å². The summed E-state index contributed by atoms with van der Waals surface area (Å²) in [6.45, 7) is 5.48. The molecule has 0 radical (unpaired) electrons. The van der Waals surface area contributed by atoms with Crippen LogP contribution < -0.4 is 4.90 Å². The van der Waals surface area contributed by atoms with Gasteiger partial charge in [0.15, 0.2) is 0 Å². The van der Waals surface area contributed by atoms with E-state index >= 15 is 0 Å². The number of nitro benzene ring substituents is 1. The number of anilines is 1. The number of morpholine rings is 1. The first-order valence-electron chi connectivity index (χ1n) is 5.81. The standard InChI is InChI=1S/C12H15ClN2O3/c1-8-6-14(7-9(2)18-8)12-4-3-10(15(16)17)5-11(12)13/h3-5,8-9H,6-7H2,1-2H3/t8-,9-/m1/s1. The largest absolute Gasteiger partial charge is 0.372 e. The van der Waals surface area contributed by atoms with Gasteiger partial charge in [0.05, 0.1) is 27.8 Å². The smallest absolute Gasteiger partial charge is 0.271 e. The predicted octanol–water partition coefficient (Wildman–Crippen LogP) is 2.86. The van der Waals surface area contributed by atoms with Crippen molar-refractivity contribution in [2.75, 3.05) is 18.0 Å². The van der Waals surface area contributed by atoms with Crippen LogP contribution in [0.15, 0.2) is 18.2 Å². The van der Waals surface area contributed by atoms with Gasteiger partial charge in [-0.3, -0.25) is 10.1 Å². The van der Waals surface area contributed by atoms with Crippen molar-refractivity contribution in [2.45, 2.75) is 26.1 Å². The third kappa shape index (κ3) is 2.73. The molecule has 0 bridgehead atoms. The molecular formula is C12H15ClN2O3. The molecule has 2 rings (SSSR count). The topological polar surface area (TPSA) is 55.6 Å². The van der Waals surface area contributed by atoms with Gasteiger partial charge in [0.2, 0.25) is 0 Å². The van der Waals surface area contributed by atoms with Gasteiger partial charge in [-0.25, -0.2) is 0 Å². The molecule has 0 aromatic heterocycles. The van der Waals surface area contributed by atoms with Crippen LogP contribution in [0.25, 0.3) is 0 Å². The summed E-state index contributed by atoms with van der Waals surface area (Å²) in [4.78, 5) is 12.3. The minimum Gasteiger partial charge on any atom is -0.372 e. The molecule has 1 heterocycles. The average Bonchev–Trinajstić information content (AvgIpc) is 2.27. The van der Waals surface area contributed by atoms with Crippen molar-refractivity contribution in [3.8, 4) is 0 Å². The van der Waals surface area contributed by atoms with Crippen LogP contribution in [-0.4, -0.2) is 30.2 Å². The summed E-state index contributed by atoms with van der Waals surface area (Å²) in [5, 5.41) is 11.1. The number of hydrogen-bond donors (Lipinski definition) is 0. The molecule has 0 amide bonds. The number of rotatable bonds is 2. The third-order valence-electron chi connectivity index (χ3n) is 2.90. The maximum absolute atomic E-state index is 10.7. The number of non-ortho nitro benzene ring substituents is 1. The highest BCUT2D eigenvalue weighted by Gasteiger charge is 2.24. The molecule has 0 unspecified atom stereocenters. The molecule has 18 heavy (non-hydrogen) atoms.